The molecule has 104 valence electrons. The summed E-state index contributed by atoms with van der Waals surface area (Å²) in [5.41, 5.74) is 2.24. The minimum absolute atomic E-state index is 0.118. The number of carboxylic acid groups (broad SMARTS) is 1. The molecule has 1 heterocycles. The highest BCUT2D eigenvalue weighted by Gasteiger charge is 2.54. The fourth-order valence-electron chi connectivity index (χ4n) is 3.05. The summed E-state index contributed by atoms with van der Waals surface area (Å²) in [4.78, 5) is 10.7. The lowest BCUT2D eigenvalue weighted by Gasteiger charge is -2.20. The summed E-state index contributed by atoms with van der Waals surface area (Å²) in [6, 6.07) is 8.96. The second kappa shape index (κ2) is 5.74. The molecule has 3 heteroatoms. The van der Waals surface area contributed by atoms with Gasteiger partial charge in [-0.2, -0.15) is 0 Å². The molecule has 0 spiro atoms. The molecular formula is C16H24NO2+. The topological polar surface area (TPSA) is 37.3 Å². The van der Waals surface area contributed by atoms with Gasteiger partial charge in [0.15, 0.2) is 0 Å². The lowest BCUT2D eigenvalue weighted by Crippen LogP contribution is -2.30. The Bertz CT molecular complexity index is 441. The number of hydrogen-bond donors (Lipinski definition) is 1. The van der Waals surface area contributed by atoms with Crippen LogP contribution in [0.25, 0.3) is 0 Å². The van der Waals surface area contributed by atoms with Crippen molar-refractivity contribution in [3.8, 4) is 0 Å². The molecule has 0 saturated carbocycles. The van der Waals surface area contributed by atoms with E-state index in [1.54, 1.807) is 0 Å². The highest BCUT2D eigenvalue weighted by Crippen LogP contribution is 2.40. The molecule has 1 aliphatic heterocycles. The third kappa shape index (κ3) is 2.98. The third-order valence-electron chi connectivity index (χ3n) is 4.29. The van der Waals surface area contributed by atoms with Crippen LogP contribution >= 0.6 is 0 Å². The van der Waals surface area contributed by atoms with E-state index in [1.807, 2.05) is 12.1 Å². The number of carboxylic acids is 1. The minimum atomic E-state index is -0.763. The monoisotopic (exact) mass is 262 g/mol. The molecule has 1 aliphatic rings. The van der Waals surface area contributed by atoms with Gasteiger partial charge in [0.25, 0.3) is 0 Å². The maximum absolute atomic E-state index is 10.7. The smallest absolute Gasteiger partial charge is 0.307 e. The number of unbranched alkanes of at least 4 members (excludes halogenated alkanes) is 1. The van der Waals surface area contributed by atoms with Crippen molar-refractivity contribution >= 4 is 11.7 Å². The Morgan fingerprint density at radius 1 is 1.32 bits per heavy atom. The Hall–Kier alpha value is -1.35. The van der Waals surface area contributed by atoms with Gasteiger partial charge < -0.3 is 5.11 Å². The van der Waals surface area contributed by atoms with Gasteiger partial charge in [0.2, 0.25) is 0 Å². The number of hydrogen-bond acceptors (Lipinski definition) is 1. The number of benzene rings is 1. The number of carbonyl (C=O) groups is 1. The van der Waals surface area contributed by atoms with E-state index in [9.17, 15) is 4.79 Å². The number of nitrogens with zero attached hydrogens (tertiary/aromatic N) is 1. The summed E-state index contributed by atoms with van der Waals surface area (Å²) in [6.45, 7) is 6.95. The standard InChI is InChI=1S/C16H23NO2/c1-3-5-10-17(12-14(17)4-2)15-8-6-13(7-9-15)11-16(18)19/h6-9,14H,3-5,10-12H2,1-2H3/p+1. The minimum Gasteiger partial charge on any atom is -0.481 e. The highest BCUT2D eigenvalue weighted by molar-refractivity contribution is 5.70. The van der Waals surface area contributed by atoms with Gasteiger partial charge in [0.1, 0.15) is 18.3 Å². The fourth-order valence-corrected chi connectivity index (χ4v) is 3.05. The molecule has 0 radical (unpaired) electrons. The zero-order valence-electron chi connectivity index (χ0n) is 11.9. The average Bonchev–Trinajstić information content (AvgIpc) is 3.11. The van der Waals surface area contributed by atoms with Crippen molar-refractivity contribution < 1.29 is 9.90 Å². The Balaban J connectivity index is 2.13. The van der Waals surface area contributed by atoms with E-state index in [4.69, 9.17) is 5.11 Å². The summed E-state index contributed by atoms with van der Waals surface area (Å²) in [7, 11) is 0. The molecule has 2 unspecified atom stereocenters. The van der Waals surface area contributed by atoms with Gasteiger partial charge in [-0.05, 0) is 24.1 Å². The van der Waals surface area contributed by atoms with Crippen LogP contribution in [0.3, 0.4) is 0 Å². The fraction of sp³-hybridized carbons (Fsp3) is 0.562. The lowest BCUT2D eigenvalue weighted by atomic mass is 10.1. The summed E-state index contributed by atoms with van der Waals surface area (Å²) in [6.07, 6.45) is 3.83. The maximum atomic E-state index is 10.7. The quantitative estimate of drug-likeness (QED) is 0.605. The Kier molecular flexibility index (Phi) is 4.25. The van der Waals surface area contributed by atoms with Crippen LogP contribution in [-0.2, 0) is 11.2 Å². The number of aliphatic carboxylic acids is 1. The molecule has 0 bridgehead atoms. The first-order chi connectivity index (χ1) is 9.12. The Morgan fingerprint density at radius 3 is 2.47 bits per heavy atom. The molecule has 1 aromatic rings. The number of rotatable bonds is 7. The van der Waals surface area contributed by atoms with Gasteiger partial charge >= 0.3 is 5.97 Å². The van der Waals surface area contributed by atoms with Gasteiger partial charge in [-0.25, -0.2) is 0 Å². The van der Waals surface area contributed by atoms with Crippen molar-refractivity contribution in [3.05, 3.63) is 29.8 Å². The van der Waals surface area contributed by atoms with Gasteiger partial charge in [-0.3, -0.25) is 9.28 Å². The molecule has 3 nitrogen and oxygen atoms in total. The van der Waals surface area contributed by atoms with Crippen molar-refractivity contribution in [3.63, 3.8) is 0 Å². The van der Waals surface area contributed by atoms with Crippen LogP contribution in [-0.4, -0.2) is 30.2 Å². The van der Waals surface area contributed by atoms with Gasteiger partial charge in [-0.15, -0.1) is 0 Å². The van der Waals surface area contributed by atoms with Crippen molar-refractivity contribution in [2.75, 3.05) is 13.1 Å². The van der Waals surface area contributed by atoms with Gasteiger partial charge in [0, 0.05) is 6.42 Å². The Labute approximate surface area is 115 Å². The second-order valence-corrected chi connectivity index (χ2v) is 5.59. The van der Waals surface area contributed by atoms with Crippen molar-refractivity contribution in [2.45, 2.75) is 45.6 Å². The van der Waals surface area contributed by atoms with Gasteiger partial charge in [0.05, 0.1) is 13.0 Å². The molecule has 2 rings (SSSR count). The molecule has 1 fully saturated rings. The van der Waals surface area contributed by atoms with Crippen LogP contribution in [0.5, 0.6) is 0 Å². The van der Waals surface area contributed by atoms with Crippen molar-refractivity contribution in [1.29, 1.82) is 0 Å². The first-order valence-electron chi connectivity index (χ1n) is 7.30. The SMILES string of the molecule is CCCC[N+]1(c2ccc(CC(=O)O)cc2)CC1CC. The summed E-state index contributed by atoms with van der Waals surface area (Å²) in [5.74, 6) is -0.763. The molecule has 1 saturated heterocycles. The first kappa shape index (κ1) is 14.1. The molecule has 19 heavy (non-hydrogen) atoms. The molecule has 2 atom stereocenters. The van der Waals surface area contributed by atoms with Crippen LogP contribution in [0.2, 0.25) is 0 Å². The molecule has 0 amide bonds. The molecule has 1 aromatic carbocycles. The van der Waals surface area contributed by atoms with E-state index in [0.717, 1.165) is 16.1 Å². The third-order valence-corrected chi connectivity index (χ3v) is 4.29. The van der Waals surface area contributed by atoms with Crippen LogP contribution in [0, 0.1) is 0 Å². The lowest BCUT2D eigenvalue weighted by molar-refractivity contribution is -0.136. The average molecular weight is 262 g/mol. The maximum Gasteiger partial charge on any atom is 0.307 e. The zero-order valence-corrected chi connectivity index (χ0v) is 11.9. The summed E-state index contributed by atoms with van der Waals surface area (Å²) < 4.78 is 1.11. The highest BCUT2D eigenvalue weighted by atomic mass is 16.4. The summed E-state index contributed by atoms with van der Waals surface area (Å²) in [5, 5.41) is 8.80. The van der Waals surface area contributed by atoms with Crippen LogP contribution in [0.1, 0.15) is 38.7 Å². The van der Waals surface area contributed by atoms with E-state index in [-0.39, 0.29) is 6.42 Å². The van der Waals surface area contributed by atoms with Crippen LogP contribution in [0.15, 0.2) is 24.3 Å². The zero-order chi connectivity index (χ0) is 13.9. The van der Waals surface area contributed by atoms with Gasteiger partial charge in [-0.1, -0.05) is 32.4 Å². The van der Waals surface area contributed by atoms with E-state index >= 15 is 0 Å². The van der Waals surface area contributed by atoms with Crippen LogP contribution < -0.4 is 4.48 Å². The first-order valence-corrected chi connectivity index (χ1v) is 7.30. The van der Waals surface area contributed by atoms with E-state index in [2.05, 4.69) is 26.0 Å². The molecule has 0 aromatic heterocycles. The predicted molar refractivity (Wildman–Crippen MR) is 78.3 cm³/mol. The second-order valence-electron chi connectivity index (χ2n) is 5.59. The largest absolute Gasteiger partial charge is 0.481 e. The number of quaternary nitrogens is 1. The normalized spacial score (nSPS) is 25.3. The molecular weight excluding hydrogens is 238 g/mol. The van der Waals surface area contributed by atoms with Crippen molar-refractivity contribution in [2.24, 2.45) is 0 Å². The molecule has 0 aliphatic carbocycles. The Morgan fingerprint density at radius 2 is 2.00 bits per heavy atom. The van der Waals surface area contributed by atoms with Crippen LogP contribution in [0.4, 0.5) is 5.69 Å². The summed E-state index contributed by atoms with van der Waals surface area (Å²) >= 11 is 0. The predicted octanol–water partition coefficient (Wildman–Crippen LogP) is 3.21. The van der Waals surface area contributed by atoms with E-state index in [1.165, 1.54) is 38.0 Å². The van der Waals surface area contributed by atoms with Crippen molar-refractivity contribution in [1.82, 2.24) is 4.48 Å². The van der Waals surface area contributed by atoms with E-state index in [0.29, 0.717) is 0 Å². The molecule has 1 N–H and O–H groups in total. The van der Waals surface area contributed by atoms with E-state index < -0.39 is 5.97 Å².